The maximum Gasteiger partial charge on any atom is 0.250 e. The van der Waals surface area contributed by atoms with Crippen molar-refractivity contribution in [2.24, 2.45) is 0 Å². The molecule has 1 fully saturated rings. The minimum Gasteiger partial charge on any atom is -0.387 e. The van der Waals surface area contributed by atoms with E-state index in [-0.39, 0.29) is 18.3 Å². The second-order valence-corrected chi connectivity index (χ2v) is 4.93. The fourth-order valence-corrected chi connectivity index (χ4v) is 2.05. The largest absolute Gasteiger partial charge is 0.387 e. The van der Waals surface area contributed by atoms with Crippen LogP contribution in [0.2, 0.25) is 0 Å². The van der Waals surface area contributed by atoms with Crippen LogP contribution in [0.3, 0.4) is 0 Å². The van der Waals surface area contributed by atoms with Gasteiger partial charge in [-0.3, -0.25) is 4.79 Å². The Labute approximate surface area is 117 Å². The summed E-state index contributed by atoms with van der Waals surface area (Å²) in [6.07, 6.45) is -1.37. The van der Waals surface area contributed by atoms with E-state index in [9.17, 15) is 14.3 Å². The summed E-state index contributed by atoms with van der Waals surface area (Å²) in [6.45, 7) is 1.95. The van der Waals surface area contributed by atoms with Gasteiger partial charge in [0, 0.05) is 19.6 Å². The van der Waals surface area contributed by atoms with E-state index < -0.39 is 12.2 Å². The van der Waals surface area contributed by atoms with Crippen molar-refractivity contribution in [1.29, 1.82) is 0 Å². The lowest BCUT2D eigenvalue weighted by Crippen LogP contribution is -2.49. The van der Waals surface area contributed by atoms with Gasteiger partial charge >= 0.3 is 0 Å². The third kappa shape index (κ3) is 4.00. The van der Waals surface area contributed by atoms with Gasteiger partial charge in [-0.25, -0.2) is 4.39 Å². The highest BCUT2D eigenvalue weighted by Gasteiger charge is 2.25. The van der Waals surface area contributed by atoms with Gasteiger partial charge in [0.1, 0.15) is 11.9 Å². The summed E-state index contributed by atoms with van der Waals surface area (Å²) in [6, 6.07) is 5.55. The van der Waals surface area contributed by atoms with Crippen LogP contribution in [-0.2, 0) is 9.53 Å². The molecule has 0 radical (unpaired) electrons. The Hall–Kier alpha value is -1.50. The molecule has 1 heterocycles. The molecular weight excluding hydrogens is 263 g/mol. The summed E-state index contributed by atoms with van der Waals surface area (Å²) < 4.78 is 18.2. The van der Waals surface area contributed by atoms with Crippen molar-refractivity contribution >= 4 is 5.91 Å². The number of carbonyl (C=O) groups is 1. The number of rotatable bonds is 4. The molecule has 1 aliphatic rings. The number of hydrogen-bond donors (Lipinski definition) is 2. The molecule has 110 valence electrons. The summed E-state index contributed by atoms with van der Waals surface area (Å²) in [5, 5.41) is 12.6. The van der Waals surface area contributed by atoms with Crippen LogP contribution >= 0.6 is 0 Å². The molecule has 1 aliphatic heterocycles. The van der Waals surface area contributed by atoms with Crippen LogP contribution < -0.4 is 5.32 Å². The lowest BCUT2D eigenvalue weighted by molar-refractivity contribution is -0.138. The minimum absolute atomic E-state index is 0.0774. The van der Waals surface area contributed by atoms with Gasteiger partial charge in [0.05, 0.1) is 12.7 Å². The fraction of sp³-hybridized carbons (Fsp3) is 0.500. The Bertz CT molecular complexity index is 452. The van der Waals surface area contributed by atoms with Crippen LogP contribution in [0.25, 0.3) is 0 Å². The predicted octanol–water partition coefficient (Wildman–Crippen LogP) is 0.306. The van der Waals surface area contributed by atoms with Gasteiger partial charge in [-0.1, -0.05) is 12.1 Å². The topological polar surface area (TPSA) is 61.8 Å². The summed E-state index contributed by atoms with van der Waals surface area (Å²) in [5.41, 5.74) is 0.563. The Morgan fingerprint density at radius 1 is 1.55 bits per heavy atom. The molecule has 0 bridgehead atoms. The highest BCUT2D eigenvalue weighted by molar-refractivity contribution is 5.81. The van der Waals surface area contributed by atoms with E-state index >= 15 is 0 Å². The minimum atomic E-state index is -0.860. The van der Waals surface area contributed by atoms with Crippen molar-refractivity contribution in [2.75, 3.05) is 33.3 Å². The molecule has 0 saturated carbocycles. The standard InChI is InChI=1S/C14H19FN2O3/c1-17-6-7-20-13(9-17)14(19)16-8-12(18)10-2-4-11(15)5-3-10/h2-5,12-13,18H,6-9H2,1H3,(H,16,19). The van der Waals surface area contributed by atoms with E-state index in [0.29, 0.717) is 18.7 Å². The SMILES string of the molecule is CN1CCOC(C(=O)NCC(O)c2ccc(F)cc2)C1. The van der Waals surface area contributed by atoms with Gasteiger partial charge in [-0.05, 0) is 24.7 Å². The van der Waals surface area contributed by atoms with Gasteiger partial charge in [0.25, 0.3) is 5.91 Å². The number of morpholine rings is 1. The zero-order chi connectivity index (χ0) is 14.5. The number of hydrogen-bond acceptors (Lipinski definition) is 4. The number of nitrogens with zero attached hydrogens (tertiary/aromatic N) is 1. The van der Waals surface area contributed by atoms with Gasteiger partial charge in [0.2, 0.25) is 0 Å². The number of ether oxygens (including phenoxy) is 1. The van der Waals surface area contributed by atoms with Crippen molar-refractivity contribution in [3.63, 3.8) is 0 Å². The molecule has 6 heteroatoms. The van der Waals surface area contributed by atoms with E-state index in [0.717, 1.165) is 6.54 Å². The van der Waals surface area contributed by atoms with E-state index in [2.05, 4.69) is 5.32 Å². The van der Waals surface area contributed by atoms with Crippen molar-refractivity contribution in [3.8, 4) is 0 Å². The lowest BCUT2D eigenvalue weighted by atomic mass is 10.1. The van der Waals surface area contributed by atoms with Crippen LogP contribution in [-0.4, -0.2) is 55.3 Å². The monoisotopic (exact) mass is 282 g/mol. The van der Waals surface area contributed by atoms with Crippen LogP contribution in [0.4, 0.5) is 4.39 Å². The Morgan fingerprint density at radius 2 is 2.25 bits per heavy atom. The maximum atomic E-state index is 12.8. The molecule has 2 atom stereocenters. The molecular formula is C14H19FN2O3. The average molecular weight is 282 g/mol. The molecule has 0 aromatic heterocycles. The van der Waals surface area contributed by atoms with Crippen LogP contribution in [0, 0.1) is 5.82 Å². The molecule has 20 heavy (non-hydrogen) atoms. The second-order valence-electron chi connectivity index (χ2n) is 4.93. The zero-order valence-corrected chi connectivity index (χ0v) is 11.4. The molecule has 2 unspecified atom stereocenters. The third-order valence-electron chi connectivity index (χ3n) is 3.29. The van der Waals surface area contributed by atoms with Crippen molar-refractivity contribution in [3.05, 3.63) is 35.6 Å². The highest BCUT2D eigenvalue weighted by atomic mass is 19.1. The molecule has 0 aliphatic carbocycles. The molecule has 0 spiro atoms. The molecule has 1 saturated heterocycles. The van der Waals surface area contributed by atoms with Gasteiger partial charge < -0.3 is 20.1 Å². The number of nitrogens with one attached hydrogen (secondary N) is 1. The molecule has 1 amide bonds. The van der Waals surface area contributed by atoms with Gasteiger partial charge in [0.15, 0.2) is 0 Å². The van der Waals surface area contributed by atoms with Crippen molar-refractivity contribution in [1.82, 2.24) is 10.2 Å². The smallest absolute Gasteiger partial charge is 0.250 e. The molecule has 1 aromatic rings. The lowest BCUT2D eigenvalue weighted by Gasteiger charge is -2.29. The molecule has 5 nitrogen and oxygen atoms in total. The number of carbonyl (C=O) groups excluding carboxylic acids is 1. The number of amides is 1. The van der Waals surface area contributed by atoms with Gasteiger partial charge in [-0.15, -0.1) is 0 Å². The summed E-state index contributed by atoms with van der Waals surface area (Å²) in [5.74, 6) is -0.596. The van der Waals surface area contributed by atoms with E-state index in [1.807, 2.05) is 11.9 Å². The number of likely N-dealkylation sites (N-methyl/N-ethyl adjacent to an activating group) is 1. The summed E-state index contributed by atoms with van der Waals surface area (Å²) in [7, 11) is 1.93. The first-order valence-corrected chi connectivity index (χ1v) is 6.57. The number of benzene rings is 1. The Morgan fingerprint density at radius 3 is 2.90 bits per heavy atom. The molecule has 2 N–H and O–H groups in total. The summed E-state index contributed by atoms with van der Waals surface area (Å²) in [4.78, 5) is 13.9. The van der Waals surface area contributed by atoms with Crippen LogP contribution in [0.5, 0.6) is 0 Å². The number of aliphatic hydroxyl groups excluding tert-OH is 1. The number of halogens is 1. The van der Waals surface area contributed by atoms with Gasteiger partial charge in [-0.2, -0.15) is 0 Å². The Kier molecular flexibility index (Phi) is 5.05. The first-order valence-electron chi connectivity index (χ1n) is 6.57. The fourth-order valence-electron chi connectivity index (χ4n) is 2.05. The highest BCUT2D eigenvalue weighted by Crippen LogP contribution is 2.12. The third-order valence-corrected chi connectivity index (χ3v) is 3.29. The first-order chi connectivity index (χ1) is 9.56. The Balaban J connectivity index is 1.82. The quantitative estimate of drug-likeness (QED) is 0.834. The number of aliphatic hydroxyl groups is 1. The second kappa shape index (κ2) is 6.78. The normalized spacial score (nSPS) is 21.4. The predicted molar refractivity (Wildman–Crippen MR) is 71.6 cm³/mol. The average Bonchev–Trinajstić information content (AvgIpc) is 2.45. The first kappa shape index (κ1) is 14.9. The van der Waals surface area contributed by atoms with Crippen LogP contribution in [0.1, 0.15) is 11.7 Å². The van der Waals surface area contributed by atoms with E-state index in [1.54, 1.807) is 0 Å². The van der Waals surface area contributed by atoms with Crippen molar-refractivity contribution < 1.29 is 19.0 Å². The summed E-state index contributed by atoms with van der Waals surface area (Å²) >= 11 is 0. The zero-order valence-electron chi connectivity index (χ0n) is 11.4. The van der Waals surface area contributed by atoms with E-state index in [4.69, 9.17) is 4.74 Å². The van der Waals surface area contributed by atoms with Crippen molar-refractivity contribution in [2.45, 2.75) is 12.2 Å². The maximum absolute atomic E-state index is 12.8. The van der Waals surface area contributed by atoms with Crippen LogP contribution in [0.15, 0.2) is 24.3 Å². The molecule has 2 rings (SSSR count). The van der Waals surface area contributed by atoms with E-state index in [1.165, 1.54) is 24.3 Å². The molecule has 1 aromatic carbocycles.